The fraction of sp³-hybridized carbons (Fsp3) is 0.588. The molecule has 2 N–H and O–H groups in total. The molecule has 0 aromatic heterocycles. The van der Waals surface area contributed by atoms with Crippen molar-refractivity contribution in [3.05, 3.63) is 35.9 Å². The highest BCUT2D eigenvalue weighted by Gasteiger charge is 2.42. The summed E-state index contributed by atoms with van der Waals surface area (Å²) in [6.07, 6.45) is 5.08. The van der Waals surface area contributed by atoms with Crippen LogP contribution in [0.1, 0.15) is 58.4 Å². The number of nitrogens with two attached hydrogens (primary N) is 1. The summed E-state index contributed by atoms with van der Waals surface area (Å²) >= 11 is 0. The highest BCUT2D eigenvalue weighted by atomic mass is 16.1. The lowest BCUT2D eigenvalue weighted by atomic mass is 9.66. The van der Waals surface area contributed by atoms with Crippen molar-refractivity contribution in [3.63, 3.8) is 0 Å². The maximum Gasteiger partial charge on any atom is 0.228 e. The Kier molecular flexibility index (Phi) is 6.07. The average molecular weight is 261 g/mol. The van der Waals surface area contributed by atoms with Crippen LogP contribution < -0.4 is 5.73 Å². The fourth-order valence-corrected chi connectivity index (χ4v) is 3.05. The van der Waals surface area contributed by atoms with Crippen molar-refractivity contribution in [2.75, 3.05) is 0 Å². The van der Waals surface area contributed by atoms with Gasteiger partial charge in [-0.05, 0) is 24.3 Å². The third kappa shape index (κ3) is 3.37. The smallest absolute Gasteiger partial charge is 0.228 e. The molecule has 0 radical (unpaired) electrons. The molecule has 0 spiro atoms. The van der Waals surface area contributed by atoms with Crippen LogP contribution >= 0.6 is 0 Å². The van der Waals surface area contributed by atoms with Crippen LogP contribution in [0.25, 0.3) is 0 Å². The van der Waals surface area contributed by atoms with Gasteiger partial charge in [-0.15, -0.1) is 0 Å². The summed E-state index contributed by atoms with van der Waals surface area (Å²) in [5, 5.41) is 0. The van der Waals surface area contributed by atoms with Gasteiger partial charge in [-0.25, -0.2) is 0 Å². The van der Waals surface area contributed by atoms with Crippen LogP contribution in [0.5, 0.6) is 0 Å². The second-order valence-corrected chi connectivity index (χ2v) is 5.49. The van der Waals surface area contributed by atoms with E-state index in [2.05, 4.69) is 20.8 Å². The standard InChI is InChI=1S/C17H27NO/c1-4-6-13-17(16(18)19,14(3)10-5-2)15-11-8-7-9-12-15/h7-9,11-12,14H,4-6,10,13H2,1-3H3,(H2,18,19). The van der Waals surface area contributed by atoms with E-state index in [0.29, 0.717) is 0 Å². The molecule has 0 saturated heterocycles. The first kappa shape index (κ1) is 15.7. The number of hydrogen-bond donors (Lipinski definition) is 1. The summed E-state index contributed by atoms with van der Waals surface area (Å²) in [5.41, 5.74) is 6.41. The highest BCUT2D eigenvalue weighted by Crippen LogP contribution is 2.39. The van der Waals surface area contributed by atoms with Crippen molar-refractivity contribution in [1.82, 2.24) is 0 Å². The molecule has 1 aromatic rings. The van der Waals surface area contributed by atoms with Gasteiger partial charge in [0.25, 0.3) is 0 Å². The van der Waals surface area contributed by atoms with Crippen LogP contribution in [0.2, 0.25) is 0 Å². The van der Waals surface area contributed by atoms with Crippen LogP contribution in [0.3, 0.4) is 0 Å². The monoisotopic (exact) mass is 261 g/mol. The zero-order chi connectivity index (χ0) is 14.3. The molecule has 1 aromatic carbocycles. The summed E-state index contributed by atoms with van der Waals surface area (Å²) in [4.78, 5) is 12.3. The van der Waals surface area contributed by atoms with Crippen LogP contribution in [0.15, 0.2) is 30.3 Å². The van der Waals surface area contributed by atoms with Crippen LogP contribution in [-0.2, 0) is 10.2 Å². The minimum absolute atomic E-state index is 0.173. The van der Waals surface area contributed by atoms with Crippen molar-refractivity contribution in [2.45, 2.75) is 58.3 Å². The summed E-state index contributed by atoms with van der Waals surface area (Å²) in [6, 6.07) is 10.1. The van der Waals surface area contributed by atoms with Crippen LogP contribution in [-0.4, -0.2) is 5.91 Å². The summed E-state index contributed by atoms with van der Waals surface area (Å²) in [6.45, 7) is 6.48. The minimum Gasteiger partial charge on any atom is -0.369 e. The molecule has 0 aliphatic carbocycles. The van der Waals surface area contributed by atoms with Gasteiger partial charge in [0.05, 0.1) is 5.41 Å². The third-order valence-corrected chi connectivity index (χ3v) is 4.22. The van der Waals surface area contributed by atoms with Crippen molar-refractivity contribution >= 4 is 5.91 Å². The molecule has 19 heavy (non-hydrogen) atoms. The van der Waals surface area contributed by atoms with Gasteiger partial charge in [0, 0.05) is 0 Å². The van der Waals surface area contributed by atoms with E-state index in [4.69, 9.17) is 5.73 Å². The lowest BCUT2D eigenvalue weighted by Crippen LogP contribution is -2.46. The van der Waals surface area contributed by atoms with Gasteiger partial charge in [-0.2, -0.15) is 0 Å². The minimum atomic E-state index is -0.507. The molecule has 1 amide bonds. The maximum absolute atomic E-state index is 12.3. The second-order valence-electron chi connectivity index (χ2n) is 5.49. The number of amides is 1. The molecule has 0 bridgehead atoms. The van der Waals surface area contributed by atoms with Crippen LogP contribution in [0, 0.1) is 5.92 Å². The number of benzene rings is 1. The Bertz CT molecular complexity index is 388. The quantitative estimate of drug-likeness (QED) is 0.754. The molecule has 2 nitrogen and oxygen atoms in total. The molecule has 0 fully saturated rings. The van der Waals surface area contributed by atoms with Crippen LogP contribution in [0.4, 0.5) is 0 Å². The van der Waals surface area contributed by atoms with Crippen molar-refractivity contribution in [2.24, 2.45) is 11.7 Å². The topological polar surface area (TPSA) is 43.1 Å². The molecular formula is C17H27NO. The average Bonchev–Trinajstić information content (AvgIpc) is 2.41. The summed E-state index contributed by atoms with van der Waals surface area (Å²) in [5.74, 6) is 0.108. The Hall–Kier alpha value is -1.31. The van der Waals surface area contributed by atoms with Crippen molar-refractivity contribution in [3.8, 4) is 0 Å². The number of primary amides is 1. The van der Waals surface area contributed by atoms with Gasteiger partial charge < -0.3 is 5.73 Å². The number of rotatable bonds is 8. The normalized spacial score (nSPS) is 15.7. The third-order valence-electron chi connectivity index (χ3n) is 4.22. The number of carbonyl (C=O) groups is 1. The first-order valence-electron chi connectivity index (χ1n) is 7.45. The predicted octanol–water partition coefficient (Wildman–Crippen LogP) is 4.04. The Labute approximate surface area is 117 Å². The Morgan fingerprint density at radius 3 is 2.32 bits per heavy atom. The van der Waals surface area contributed by atoms with E-state index in [-0.39, 0.29) is 11.8 Å². The van der Waals surface area contributed by atoms with E-state index in [1.165, 1.54) is 0 Å². The van der Waals surface area contributed by atoms with Gasteiger partial charge in [-0.3, -0.25) is 4.79 Å². The lowest BCUT2D eigenvalue weighted by molar-refractivity contribution is -0.126. The van der Waals surface area contributed by atoms with E-state index >= 15 is 0 Å². The Balaban J connectivity index is 3.22. The molecule has 2 heteroatoms. The summed E-state index contributed by atoms with van der Waals surface area (Å²) in [7, 11) is 0. The molecule has 0 heterocycles. The first-order valence-corrected chi connectivity index (χ1v) is 7.45. The van der Waals surface area contributed by atoms with Gasteiger partial charge in [0.15, 0.2) is 0 Å². The van der Waals surface area contributed by atoms with Gasteiger partial charge in [0.1, 0.15) is 0 Å². The zero-order valence-corrected chi connectivity index (χ0v) is 12.5. The Morgan fingerprint density at radius 1 is 1.21 bits per heavy atom. The number of carbonyl (C=O) groups excluding carboxylic acids is 1. The molecule has 0 aliphatic rings. The van der Waals surface area contributed by atoms with E-state index in [9.17, 15) is 4.79 Å². The van der Waals surface area contributed by atoms with E-state index in [1.807, 2.05) is 30.3 Å². The van der Waals surface area contributed by atoms with Gasteiger partial charge >= 0.3 is 0 Å². The number of hydrogen-bond acceptors (Lipinski definition) is 1. The fourth-order valence-electron chi connectivity index (χ4n) is 3.05. The SMILES string of the molecule is CCCCC(C(N)=O)(c1ccccc1)C(C)CCC. The highest BCUT2D eigenvalue weighted by molar-refractivity contribution is 5.87. The molecule has 106 valence electrons. The van der Waals surface area contributed by atoms with Gasteiger partial charge in [0.2, 0.25) is 5.91 Å². The van der Waals surface area contributed by atoms with E-state index in [1.54, 1.807) is 0 Å². The Morgan fingerprint density at radius 2 is 1.84 bits per heavy atom. The lowest BCUT2D eigenvalue weighted by Gasteiger charge is -2.37. The molecule has 2 atom stereocenters. The second kappa shape index (κ2) is 7.32. The largest absolute Gasteiger partial charge is 0.369 e. The zero-order valence-electron chi connectivity index (χ0n) is 12.5. The molecule has 0 aliphatic heterocycles. The molecule has 1 rings (SSSR count). The van der Waals surface area contributed by atoms with E-state index < -0.39 is 5.41 Å². The summed E-state index contributed by atoms with van der Waals surface area (Å²) < 4.78 is 0. The van der Waals surface area contributed by atoms with E-state index in [0.717, 1.165) is 37.7 Å². The molecular weight excluding hydrogens is 234 g/mol. The molecule has 2 unspecified atom stereocenters. The van der Waals surface area contributed by atoms with Crippen molar-refractivity contribution < 1.29 is 4.79 Å². The first-order chi connectivity index (χ1) is 9.09. The molecule has 0 saturated carbocycles. The van der Waals surface area contributed by atoms with Gasteiger partial charge in [-0.1, -0.05) is 70.4 Å². The predicted molar refractivity (Wildman–Crippen MR) is 80.9 cm³/mol. The maximum atomic E-state index is 12.3. The number of unbranched alkanes of at least 4 members (excludes halogenated alkanes) is 1. The van der Waals surface area contributed by atoms with Crippen molar-refractivity contribution in [1.29, 1.82) is 0 Å².